The number of nitrogens with one attached hydrogen (secondary N) is 1. The molecule has 0 aliphatic heterocycles. The molecule has 0 saturated carbocycles. The van der Waals surface area contributed by atoms with Crippen LogP contribution in [-0.4, -0.2) is 5.91 Å². The van der Waals surface area contributed by atoms with Crippen molar-refractivity contribution >= 4 is 51.5 Å². The Labute approximate surface area is 136 Å². The second-order valence-corrected chi connectivity index (χ2v) is 6.18. The molecule has 3 N–H and O–H groups in total. The molecule has 0 spiro atoms. The number of carbonyl (C=O) groups is 1. The van der Waals surface area contributed by atoms with E-state index in [1.54, 1.807) is 18.2 Å². The minimum absolute atomic E-state index is 0.197. The molecule has 5 heteroatoms. The van der Waals surface area contributed by atoms with E-state index in [4.69, 9.17) is 17.3 Å². The lowest BCUT2D eigenvalue weighted by molar-refractivity contribution is 0.102. The maximum Gasteiger partial charge on any atom is 0.255 e. The molecule has 2 aromatic rings. The summed E-state index contributed by atoms with van der Waals surface area (Å²) in [5.74, 6) is -0.197. The number of benzene rings is 2. The van der Waals surface area contributed by atoms with Crippen molar-refractivity contribution in [2.24, 2.45) is 0 Å². The highest BCUT2D eigenvalue weighted by Gasteiger charge is 2.10. The molecule has 0 radical (unpaired) electrons. The normalized spacial score (nSPS) is 10.4. The first-order valence-corrected chi connectivity index (χ1v) is 7.47. The Hall–Kier alpha value is -1.27. The number of amides is 1. The summed E-state index contributed by atoms with van der Waals surface area (Å²) in [6.07, 6.45) is 0. The molecular weight excluding hydrogens is 387 g/mol. The summed E-state index contributed by atoms with van der Waals surface area (Å²) >= 11 is 8.13. The molecule has 0 aromatic heterocycles. The van der Waals surface area contributed by atoms with Gasteiger partial charge >= 0.3 is 0 Å². The van der Waals surface area contributed by atoms with Crippen molar-refractivity contribution in [2.45, 2.75) is 13.8 Å². The van der Waals surface area contributed by atoms with Crippen LogP contribution < -0.4 is 11.1 Å². The van der Waals surface area contributed by atoms with Gasteiger partial charge < -0.3 is 11.1 Å². The van der Waals surface area contributed by atoms with E-state index >= 15 is 0 Å². The summed E-state index contributed by atoms with van der Waals surface area (Å²) in [5, 5.41) is 3.35. The molecule has 3 nitrogen and oxygen atoms in total. The molecule has 0 aliphatic rings. The van der Waals surface area contributed by atoms with Crippen LogP contribution in [0, 0.1) is 17.4 Å². The highest BCUT2D eigenvalue weighted by Crippen LogP contribution is 2.24. The van der Waals surface area contributed by atoms with Gasteiger partial charge in [0.25, 0.3) is 5.91 Å². The van der Waals surface area contributed by atoms with E-state index in [2.05, 4.69) is 27.9 Å². The molecular formula is C15H14ClIN2O. The van der Waals surface area contributed by atoms with E-state index < -0.39 is 0 Å². The predicted octanol–water partition coefficient (Wildman–Crippen LogP) is 4.40. The highest BCUT2D eigenvalue weighted by molar-refractivity contribution is 14.1. The Bertz CT molecular complexity index is 686. The molecule has 0 unspecified atom stereocenters. The average Bonchev–Trinajstić information content (AvgIpc) is 2.39. The van der Waals surface area contributed by atoms with E-state index in [0.717, 1.165) is 16.8 Å². The van der Waals surface area contributed by atoms with Gasteiger partial charge in [-0.2, -0.15) is 0 Å². The van der Waals surface area contributed by atoms with Crippen molar-refractivity contribution in [1.29, 1.82) is 0 Å². The van der Waals surface area contributed by atoms with Gasteiger partial charge in [0, 0.05) is 14.8 Å². The Morgan fingerprint density at radius 1 is 1.20 bits per heavy atom. The number of aryl methyl sites for hydroxylation is 2. The van der Waals surface area contributed by atoms with E-state index in [1.807, 2.05) is 26.0 Å². The molecule has 0 saturated heterocycles. The van der Waals surface area contributed by atoms with E-state index in [9.17, 15) is 4.79 Å². The van der Waals surface area contributed by atoms with Crippen molar-refractivity contribution in [2.75, 3.05) is 11.1 Å². The lowest BCUT2D eigenvalue weighted by Gasteiger charge is -2.11. The zero-order chi connectivity index (χ0) is 14.9. The van der Waals surface area contributed by atoms with Crippen molar-refractivity contribution in [3.8, 4) is 0 Å². The Kier molecular flexibility index (Phi) is 4.55. The molecule has 0 heterocycles. The van der Waals surface area contributed by atoms with E-state index in [1.165, 1.54) is 3.57 Å². The van der Waals surface area contributed by atoms with Crippen LogP contribution in [0.25, 0.3) is 0 Å². The summed E-state index contributed by atoms with van der Waals surface area (Å²) in [6.45, 7) is 3.98. The van der Waals surface area contributed by atoms with Gasteiger partial charge in [-0.25, -0.2) is 0 Å². The van der Waals surface area contributed by atoms with E-state index in [0.29, 0.717) is 16.3 Å². The number of rotatable bonds is 2. The number of hydrogen-bond donors (Lipinski definition) is 2. The maximum absolute atomic E-state index is 12.2. The van der Waals surface area contributed by atoms with Crippen molar-refractivity contribution in [1.82, 2.24) is 0 Å². The first-order chi connectivity index (χ1) is 9.38. The van der Waals surface area contributed by atoms with Crippen molar-refractivity contribution in [3.05, 3.63) is 55.6 Å². The second-order valence-electron chi connectivity index (χ2n) is 4.61. The smallest absolute Gasteiger partial charge is 0.255 e. The Morgan fingerprint density at radius 3 is 2.55 bits per heavy atom. The number of anilines is 2. The largest absolute Gasteiger partial charge is 0.398 e. The third kappa shape index (κ3) is 3.24. The minimum atomic E-state index is -0.197. The molecule has 2 rings (SSSR count). The van der Waals surface area contributed by atoms with Crippen LogP contribution in [-0.2, 0) is 0 Å². The SMILES string of the molecule is Cc1cc(NC(=O)c2ccc(Cl)c(N)c2)c(C)cc1I. The van der Waals surface area contributed by atoms with Crippen molar-refractivity contribution < 1.29 is 4.79 Å². The number of nitrogens with two attached hydrogens (primary N) is 1. The first-order valence-electron chi connectivity index (χ1n) is 6.01. The number of hydrogen-bond acceptors (Lipinski definition) is 2. The third-order valence-electron chi connectivity index (χ3n) is 3.01. The molecule has 0 aliphatic carbocycles. The van der Waals surface area contributed by atoms with Crippen LogP contribution in [0.5, 0.6) is 0 Å². The van der Waals surface area contributed by atoms with Gasteiger partial charge in [-0.1, -0.05) is 11.6 Å². The molecule has 104 valence electrons. The van der Waals surface area contributed by atoms with Gasteiger partial charge in [0.1, 0.15) is 0 Å². The number of halogens is 2. The van der Waals surface area contributed by atoms with Crippen LogP contribution in [0.1, 0.15) is 21.5 Å². The maximum atomic E-state index is 12.2. The van der Waals surface area contributed by atoms with Gasteiger partial charge in [-0.3, -0.25) is 4.79 Å². The van der Waals surface area contributed by atoms with Gasteiger partial charge in [-0.15, -0.1) is 0 Å². The van der Waals surface area contributed by atoms with Gasteiger partial charge in [0.05, 0.1) is 10.7 Å². The van der Waals surface area contributed by atoms with Crippen LogP contribution in [0.15, 0.2) is 30.3 Å². The molecule has 2 aromatic carbocycles. The lowest BCUT2D eigenvalue weighted by atomic mass is 10.1. The summed E-state index contributed by atoms with van der Waals surface area (Å²) in [5.41, 5.74) is 9.56. The quantitative estimate of drug-likeness (QED) is 0.580. The van der Waals surface area contributed by atoms with Crippen LogP contribution >= 0.6 is 34.2 Å². The van der Waals surface area contributed by atoms with Gasteiger partial charge in [0.15, 0.2) is 0 Å². The Balaban J connectivity index is 2.27. The predicted molar refractivity (Wildman–Crippen MR) is 92.5 cm³/mol. The zero-order valence-corrected chi connectivity index (χ0v) is 14.0. The monoisotopic (exact) mass is 400 g/mol. The van der Waals surface area contributed by atoms with Gasteiger partial charge in [-0.05, 0) is 77.9 Å². The van der Waals surface area contributed by atoms with Crippen LogP contribution in [0.4, 0.5) is 11.4 Å². The number of carbonyl (C=O) groups excluding carboxylic acids is 1. The molecule has 0 fully saturated rings. The topological polar surface area (TPSA) is 55.1 Å². The lowest BCUT2D eigenvalue weighted by Crippen LogP contribution is -2.13. The van der Waals surface area contributed by atoms with Crippen LogP contribution in [0.3, 0.4) is 0 Å². The first kappa shape index (κ1) is 15.1. The molecule has 20 heavy (non-hydrogen) atoms. The van der Waals surface area contributed by atoms with Crippen molar-refractivity contribution in [3.63, 3.8) is 0 Å². The highest BCUT2D eigenvalue weighted by atomic mass is 127. The summed E-state index contributed by atoms with van der Waals surface area (Å²) < 4.78 is 1.17. The standard InChI is InChI=1S/C15H14ClIN2O/c1-8-6-14(9(2)5-12(8)17)19-15(20)10-3-4-11(16)13(18)7-10/h3-7H,18H2,1-2H3,(H,19,20). The third-order valence-corrected chi connectivity index (χ3v) is 4.52. The molecule has 1 amide bonds. The molecule has 0 atom stereocenters. The van der Waals surface area contributed by atoms with Gasteiger partial charge in [0.2, 0.25) is 0 Å². The number of nitrogen functional groups attached to an aromatic ring is 1. The van der Waals surface area contributed by atoms with Crippen LogP contribution in [0.2, 0.25) is 5.02 Å². The second kappa shape index (κ2) is 6.01. The fraction of sp³-hybridized carbons (Fsp3) is 0.133. The van der Waals surface area contributed by atoms with E-state index in [-0.39, 0.29) is 5.91 Å². The fourth-order valence-corrected chi connectivity index (χ4v) is 2.54. The minimum Gasteiger partial charge on any atom is -0.398 e. The molecule has 0 bridgehead atoms. The summed E-state index contributed by atoms with van der Waals surface area (Å²) in [7, 11) is 0. The summed E-state index contributed by atoms with van der Waals surface area (Å²) in [4.78, 5) is 12.2. The zero-order valence-electron chi connectivity index (χ0n) is 11.1. The average molecular weight is 401 g/mol. The Morgan fingerprint density at radius 2 is 1.90 bits per heavy atom. The summed E-state index contributed by atoms with van der Waals surface area (Å²) in [6, 6.07) is 8.86. The fourth-order valence-electron chi connectivity index (χ4n) is 1.80.